The van der Waals surface area contributed by atoms with Gasteiger partial charge in [0.05, 0.1) is 11.6 Å². The van der Waals surface area contributed by atoms with Crippen LogP contribution < -0.4 is 5.32 Å². The summed E-state index contributed by atoms with van der Waals surface area (Å²) >= 11 is 0. The molecular formula is C15H20N4. The van der Waals surface area contributed by atoms with Gasteiger partial charge in [-0.05, 0) is 44.2 Å². The molecule has 0 amide bonds. The van der Waals surface area contributed by atoms with Crippen molar-refractivity contribution in [3.63, 3.8) is 0 Å². The third kappa shape index (κ3) is 1.94. The van der Waals surface area contributed by atoms with Crippen molar-refractivity contribution in [3.8, 4) is 0 Å². The zero-order valence-electron chi connectivity index (χ0n) is 11.3. The summed E-state index contributed by atoms with van der Waals surface area (Å²) < 4.78 is 0. The Morgan fingerprint density at radius 3 is 2.95 bits per heavy atom. The summed E-state index contributed by atoms with van der Waals surface area (Å²) in [5.74, 6) is 1.92. The lowest BCUT2D eigenvalue weighted by Crippen LogP contribution is -2.30. The fraction of sp³-hybridized carbons (Fsp3) is 0.600. The first-order chi connectivity index (χ1) is 9.29. The largest absolute Gasteiger partial charge is 0.339 e. The van der Waals surface area contributed by atoms with E-state index in [2.05, 4.69) is 26.3 Å². The molecule has 19 heavy (non-hydrogen) atoms. The first-order valence-electron chi connectivity index (χ1n) is 7.39. The van der Waals surface area contributed by atoms with Crippen LogP contribution in [0.1, 0.15) is 49.7 Å². The van der Waals surface area contributed by atoms with Gasteiger partial charge in [0.1, 0.15) is 5.82 Å². The summed E-state index contributed by atoms with van der Waals surface area (Å²) in [4.78, 5) is 12.6. The highest BCUT2D eigenvalue weighted by molar-refractivity contribution is 5.70. The number of pyridine rings is 1. The Balaban J connectivity index is 1.64. The van der Waals surface area contributed by atoms with Crippen LogP contribution in [0.2, 0.25) is 0 Å². The molecule has 4 nitrogen and oxygen atoms in total. The van der Waals surface area contributed by atoms with E-state index in [9.17, 15) is 0 Å². The molecule has 0 spiro atoms. The molecule has 3 heterocycles. The van der Waals surface area contributed by atoms with Gasteiger partial charge in [-0.15, -0.1) is 0 Å². The standard InChI is InChI=1S/C15H20N4/c1-9-6-7-12-14(16-9)19-15(18-12)13-8-10-4-2-3-5-11(10)17-13/h6-7,10-11,13,17H,2-5,8H2,1H3,(H,16,18,19). The summed E-state index contributed by atoms with van der Waals surface area (Å²) in [6.45, 7) is 2.01. The second-order valence-electron chi connectivity index (χ2n) is 6.05. The van der Waals surface area contributed by atoms with Crippen LogP contribution >= 0.6 is 0 Å². The predicted octanol–water partition coefficient (Wildman–Crippen LogP) is 2.86. The molecule has 100 valence electrons. The highest BCUT2D eigenvalue weighted by Gasteiger charge is 2.36. The van der Waals surface area contributed by atoms with E-state index in [0.29, 0.717) is 12.1 Å². The minimum Gasteiger partial charge on any atom is -0.339 e. The molecule has 2 aromatic heterocycles. The third-order valence-corrected chi connectivity index (χ3v) is 4.70. The molecular weight excluding hydrogens is 236 g/mol. The molecule has 0 bridgehead atoms. The van der Waals surface area contributed by atoms with Gasteiger partial charge >= 0.3 is 0 Å². The van der Waals surface area contributed by atoms with Crippen LogP contribution in [0.5, 0.6) is 0 Å². The fourth-order valence-corrected chi connectivity index (χ4v) is 3.70. The van der Waals surface area contributed by atoms with Crippen molar-refractivity contribution in [1.29, 1.82) is 0 Å². The summed E-state index contributed by atoms with van der Waals surface area (Å²) in [5, 5.41) is 3.76. The molecule has 0 radical (unpaired) electrons. The zero-order chi connectivity index (χ0) is 12.8. The lowest BCUT2D eigenvalue weighted by Gasteiger charge is -2.24. The van der Waals surface area contributed by atoms with E-state index < -0.39 is 0 Å². The smallest absolute Gasteiger partial charge is 0.177 e. The highest BCUT2D eigenvalue weighted by atomic mass is 15.1. The van der Waals surface area contributed by atoms with Crippen molar-refractivity contribution in [2.24, 2.45) is 5.92 Å². The van der Waals surface area contributed by atoms with Crippen LogP contribution in [0.25, 0.3) is 11.2 Å². The number of hydrogen-bond acceptors (Lipinski definition) is 3. The van der Waals surface area contributed by atoms with Gasteiger partial charge in [0.25, 0.3) is 0 Å². The Morgan fingerprint density at radius 2 is 2.05 bits per heavy atom. The summed E-state index contributed by atoms with van der Waals surface area (Å²) in [7, 11) is 0. The zero-order valence-corrected chi connectivity index (χ0v) is 11.3. The number of aromatic nitrogens is 3. The Bertz CT molecular complexity index is 589. The molecule has 3 unspecified atom stereocenters. The Morgan fingerprint density at radius 1 is 1.16 bits per heavy atom. The monoisotopic (exact) mass is 256 g/mol. The number of nitrogens with one attached hydrogen (secondary N) is 2. The number of nitrogens with zero attached hydrogens (tertiary/aromatic N) is 2. The molecule has 0 aromatic carbocycles. The lowest BCUT2D eigenvalue weighted by atomic mass is 9.85. The van der Waals surface area contributed by atoms with E-state index >= 15 is 0 Å². The van der Waals surface area contributed by atoms with Crippen molar-refractivity contribution in [3.05, 3.63) is 23.7 Å². The predicted molar refractivity (Wildman–Crippen MR) is 74.9 cm³/mol. The van der Waals surface area contributed by atoms with Gasteiger partial charge in [-0.1, -0.05) is 12.8 Å². The molecule has 1 saturated carbocycles. The first kappa shape index (κ1) is 11.4. The summed E-state index contributed by atoms with van der Waals surface area (Å²) in [6, 6.07) is 5.21. The fourth-order valence-electron chi connectivity index (χ4n) is 3.70. The topological polar surface area (TPSA) is 53.6 Å². The summed E-state index contributed by atoms with van der Waals surface area (Å²) in [5.41, 5.74) is 2.93. The van der Waals surface area contributed by atoms with E-state index in [1.807, 2.05) is 13.0 Å². The van der Waals surface area contributed by atoms with E-state index in [1.165, 1.54) is 32.1 Å². The number of hydrogen-bond donors (Lipinski definition) is 2. The lowest BCUT2D eigenvalue weighted by molar-refractivity contribution is 0.325. The van der Waals surface area contributed by atoms with Crippen molar-refractivity contribution >= 4 is 11.2 Å². The van der Waals surface area contributed by atoms with E-state index in [1.54, 1.807) is 0 Å². The van der Waals surface area contributed by atoms with Gasteiger partial charge in [0, 0.05) is 11.7 Å². The second kappa shape index (κ2) is 4.30. The molecule has 2 aliphatic rings. The maximum atomic E-state index is 4.68. The molecule has 3 atom stereocenters. The van der Waals surface area contributed by atoms with E-state index in [4.69, 9.17) is 0 Å². The SMILES string of the molecule is Cc1ccc2[nH]c(C3CC4CCCCC4N3)nc2n1. The van der Waals surface area contributed by atoms with E-state index in [-0.39, 0.29) is 0 Å². The number of rotatable bonds is 1. The van der Waals surface area contributed by atoms with Gasteiger partial charge in [0.15, 0.2) is 5.65 Å². The van der Waals surface area contributed by atoms with Crippen LogP contribution in [0.3, 0.4) is 0 Å². The van der Waals surface area contributed by atoms with Gasteiger partial charge in [0.2, 0.25) is 0 Å². The molecule has 2 aromatic rings. The number of fused-ring (bicyclic) bond motifs is 2. The third-order valence-electron chi connectivity index (χ3n) is 4.70. The minimum absolute atomic E-state index is 0.391. The van der Waals surface area contributed by atoms with Crippen LogP contribution in [0.15, 0.2) is 12.1 Å². The molecule has 2 fully saturated rings. The molecule has 1 aliphatic heterocycles. The average Bonchev–Trinajstić information content (AvgIpc) is 3.00. The molecule has 2 N–H and O–H groups in total. The van der Waals surface area contributed by atoms with Crippen LogP contribution in [0, 0.1) is 12.8 Å². The minimum atomic E-state index is 0.391. The van der Waals surface area contributed by atoms with Crippen LogP contribution in [0.4, 0.5) is 0 Å². The Hall–Kier alpha value is -1.42. The maximum absolute atomic E-state index is 4.68. The van der Waals surface area contributed by atoms with Crippen molar-refractivity contribution in [1.82, 2.24) is 20.3 Å². The summed E-state index contributed by atoms with van der Waals surface area (Å²) in [6.07, 6.45) is 6.71. The van der Waals surface area contributed by atoms with Gasteiger partial charge in [-0.2, -0.15) is 0 Å². The van der Waals surface area contributed by atoms with Crippen molar-refractivity contribution in [2.45, 2.75) is 51.1 Å². The first-order valence-corrected chi connectivity index (χ1v) is 7.39. The number of aryl methyl sites for hydroxylation is 1. The van der Waals surface area contributed by atoms with Gasteiger partial charge < -0.3 is 10.3 Å². The molecule has 1 aliphatic carbocycles. The Labute approximate surface area is 113 Å². The van der Waals surface area contributed by atoms with Gasteiger partial charge in [-0.3, -0.25) is 0 Å². The average molecular weight is 256 g/mol. The van der Waals surface area contributed by atoms with E-state index in [0.717, 1.165) is 28.6 Å². The number of aromatic amines is 1. The Kier molecular flexibility index (Phi) is 2.58. The normalized spacial score (nSPS) is 30.7. The van der Waals surface area contributed by atoms with Crippen LogP contribution in [-0.2, 0) is 0 Å². The molecule has 1 saturated heterocycles. The highest BCUT2D eigenvalue weighted by Crippen LogP contribution is 2.38. The van der Waals surface area contributed by atoms with Crippen molar-refractivity contribution in [2.75, 3.05) is 0 Å². The quantitative estimate of drug-likeness (QED) is 0.825. The molecule has 4 heteroatoms. The van der Waals surface area contributed by atoms with Crippen LogP contribution in [-0.4, -0.2) is 21.0 Å². The maximum Gasteiger partial charge on any atom is 0.177 e. The van der Waals surface area contributed by atoms with Crippen molar-refractivity contribution < 1.29 is 0 Å². The number of imidazole rings is 1. The molecule has 4 rings (SSSR count). The second-order valence-corrected chi connectivity index (χ2v) is 6.05. The van der Waals surface area contributed by atoms with Gasteiger partial charge in [-0.25, -0.2) is 9.97 Å². The number of H-pyrrole nitrogens is 1.